The van der Waals surface area contributed by atoms with Crippen molar-refractivity contribution in [3.63, 3.8) is 0 Å². The average molecular weight is 183 g/mol. The molecule has 0 N–H and O–H groups in total. The summed E-state index contributed by atoms with van der Waals surface area (Å²) < 4.78 is 0. The van der Waals surface area contributed by atoms with E-state index in [9.17, 15) is 0 Å². The maximum atomic E-state index is 2.39. The SMILES string of the molecule is CN(C)[C@@H]1CC[C@@H](CC(C)(C)C)C1. The summed E-state index contributed by atoms with van der Waals surface area (Å²) in [4.78, 5) is 2.39. The minimum atomic E-state index is 0.520. The zero-order valence-corrected chi connectivity index (χ0v) is 9.93. The van der Waals surface area contributed by atoms with Gasteiger partial charge in [0, 0.05) is 6.04 Å². The molecular weight excluding hydrogens is 158 g/mol. The normalized spacial score (nSPS) is 30.0. The molecule has 0 heterocycles. The molecule has 13 heavy (non-hydrogen) atoms. The Kier molecular flexibility index (Phi) is 3.39. The minimum Gasteiger partial charge on any atom is -0.306 e. The van der Waals surface area contributed by atoms with Crippen molar-refractivity contribution >= 4 is 0 Å². The monoisotopic (exact) mass is 183 g/mol. The van der Waals surface area contributed by atoms with E-state index in [0.29, 0.717) is 5.41 Å². The van der Waals surface area contributed by atoms with Crippen LogP contribution in [0.1, 0.15) is 46.5 Å². The Morgan fingerprint density at radius 3 is 2.15 bits per heavy atom. The van der Waals surface area contributed by atoms with E-state index in [0.717, 1.165) is 12.0 Å². The summed E-state index contributed by atoms with van der Waals surface area (Å²) in [7, 11) is 4.42. The number of hydrogen-bond acceptors (Lipinski definition) is 1. The Labute approximate surface area is 83.5 Å². The molecule has 78 valence electrons. The summed E-state index contributed by atoms with van der Waals surface area (Å²) in [6.07, 6.45) is 5.68. The lowest BCUT2D eigenvalue weighted by Gasteiger charge is -2.24. The highest BCUT2D eigenvalue weighted by Crippen LogP contribution is 2.36. The molecule has 0 aliphatic heterocycles. The molecule has 1 nitrogen and oxygen atoms in total. The Balaban J connectivity index is 2.33. The zero-order chi connectivity index (χ0) is 10.1. The molecule has 1 fully saturated rings. The van der Waals surface area contributed by atoms with Gasteiger partial charge >= 0.3 is 0 Å². The van der Waals surface area contributed by atoms with Gasteiger partial charge in [-0.15, -0.1) is 0 Å². The first-order chi connectivity index (χ1) is 5.88. The first-order valence-corrected chi connectivity index (χ1v) is 5.55. The van der Waals surface area contributed by atoms with Gasteiger partial charge < -0.3 is 4.90 Å². The lowest BCUT2D eigenvalue weighted by molar-refractivity contribution is 0.261. The molecule has 1 rings (SSSR count). The van der Waals surface area contributed by atoms with Gasteiger partial charge in [0.05, 0.1) is 0 Å². The van der Waals surface area contributed by atoms with Crippen LogP contribution >= 0.6 is 0 Å². The van der Waals surface area contributed by atoms with Crippen LogP contribution in [0.3, 0.4) is 0 Å². The maximum Gasteiger partial charge on any atom is 0.00919 e. The molecule has 1 aliphatic carbocycles. The van der Waals surface area contributed by atoms with E-state index >= 15 is 0 Å². The van der Waals surface area contributed by atoms with E-state index < -0.39 is 0 Å². The Hall–Kier alpha value is -0.0400. The van der Waals surface area contributed by atoms with Crippen LogP contribution < -0.4 is 0 Å². The topological polar surface area (TPSA) is 3.24 Å². The first-order valence-electron chi connectivity index (χ1n) is 5.55. The van der Waals surface area contributed by atoms with Crippen LogP contribution in [-0.4, -0.2) is 25.0 Å². The number of rotatable bonds is 2. The standard InChI is InChI=1S/C12H25N/c1-12(2,3)9-10-6-7-11(8-10)13(4)5/h10-11H,6-9H2,1-5H3/t10-,11-/m1/s1. The van der Waals surface area contributed by atoms with Crippen LogP contribution in [0.25, 0.3) is 0 Å². The average Bonchev–Trinajstić information content (AvgIpc) is 2.31. The van der Waals surface area contributed by atoms with Gasteiger partial charge in [0.1, 0.15) is 0 Å². The van der Waals surface area contributed by atoms with Crippen LogP contribution in [-0.2, 0) is 0 Å². The molecule has 0 aromatic carbocycles. The molecule has 0 saturated heterocycles. The third-order valence-electron chi connectivity index (χ3n) is 3.14. The van der Waals surface area contributed by atoms with Crippen molar-refractivity contribution in [1.29, 1.82) is 0 Å². The summed E-state index contributed by atoms with van der Waals surface area (Å²) >= 11 is 0. The molecule has 2 atom stereocenters. The Bertz CT molecular complexity index is 155. The number of nitrogens with zero attached hydrogens (tertiary/aromatic N) is 1. The largest absolute Gasteiger partial charge is 0.306 e. The second-order valence-corrected chi connectivity index (χ2v) is 6.06. The fraction of sp³-hybridized carbons (Fsp3) is 1.00. The second-order valence-electron chi connectivity index (χ2n) is 6.06. The van der Waals surface area contributed by atoms with Crippen molar-refractivity contribution in [2.75, 3.05) is 14.1 Å². The Morgan fingerprint density at radius 1 is 1.15 bits per heavy atom. The second kappa shape index (κ2) is 4.00. The molecule has 0 amide bonds. The van der Waals surface area contributed by atoms with Gasteiger partial charge in [-0.3, -0.25) is 0 Å². The molecule has 0 aromatic rings. The predicted octanol–water partition coefficient (Wildman–Crippen LogP) is 3.15. The molecule has 0 aromatic heterocycles. The van der Waals surface area contributed by atoms with Gasteiger partial charge in [-0.1, -0.05) is 20.8 Å². The smallest absolute Gasteiger partial charge is 0.00919 e. The summed E-state index contributed by atoms with van der Waals surface area (Å²) in [5.74, 6) is 0.979. The minimum absolute atomic E-state index is 0.520. The van der Waals surface area contributed by atoms with Crippen molar-refractivity contribution in [3.05, 3.63) is 0 Å². The predicted molar refractivity (Wildman–Crippen MR) is 58.9 cm³/mol. The van der Waals surface area contributed by atoms with Crippen LogP contribution in [0.4, 0.5) is 0 Å². The van der Waals surface area contributed by atoms with Crippen LogP contribution in [0.2, 0.25) is 0 Å². The van der Waals surface area contributed by atoms with Crippen LogP contribution in [0.5, 0.6) is 0 Å². The summed E-state index contributed by atoms with van der Waals surface area (Å²) in [5, 5.41) is 0. The highest BCUT2D eigenvalue weighted by Gasteiger charge is 2.28. The summed E-state index contributed by atoms with van der Waals surface area (Å²) in [6, 6.07) is 0.854. The Morgan fingerprint density at radius 2 is 1.77 bits per heavy atom. The summed E-state index contributed by atoms with van der Waals surface area (Å²) in [6.45, 7) is 7.07. The molecule has 1 heteroatoms. The molecule has 1 saturated carbocycles. The van der Waals surface area contributed by atoms with Crippen molar-refractivity contribution < 1.29 is 0 Å². The van der Waals surface area contributed by atoms with Gasteiger partial charge in [-0.25, -0.2) is 0 Å². The number of hydrogen-bond donors (Lipinski definition) is 0. The molecule has 0 bridgehead atoms. The third kappa shape index (κ3) is 3.68. The van der Waals surface area contributed by atoms with Crippen molar-refractivity contribution in [1.82, 2.24) is 4.90 Å². The van der Waals surface area contributed by atoms with Gasteiger partial charge in [0.15, 0.2) is 0 Å². The molecule has 0 unspecified atom stereocenters. The summed E-state index contributed by atoms with van der Waals surface area (Å²) in [5.41, 5.74) is 0.520. The van der Waals surface area contributed by atoms with E-state index in [1.165, 1.54) is 25.7 Å². The fourth-order valence-electron chi connectivity index (χ4n) is 2.57. The van der Waals surface area contributed by atoms with E-state index in [1.54, 1.807) is 0 Å². The van der Waals surface area contributed by atoms with Crippen LogP contribution in [0.15, 0.2) is 0 Å². The maximum absolute atomic E-state index is 2.39. The van der Waals surface area contributed by atoms with Crippen molar-refractivity contribution in [3.8, 4) is 0 Å². The quantitative estimate of drug-likeness (QED) is 0.635. The highest BCUT2D eigenvalue weighted by atomic mass is 15.1. The van der Waals surface area contributed by atoms with E-state index in [4.69, 9.17) is 0 Å². The highest BCUT2D eigenvalue weighted by molar-refractivity contribution is 4.82. The lowest BCUT2D eigenvalue weighted by atomic mass is 9.84. The molecule has 0 spiro atoms. The lowest BCUT2D eigenvalue weighted by Crippen LogP contribution is -2.25. The molecular formula is C12H25N. The van der Waals surface area contributed by atoms with E-state index in [-0.39, 0.29) is 0 Å². The van der Waals surface area contributed by atoms with E-state index in [2.05, 4.69) is 39.8 Å². The molecule has 0 radical (unpaired) electrons. The van der Waals surface area contributed by atoms with Crippen molar-refractivity contribution in [2.24, 2.45) is 11.3 Å². The van der Waals surface area contributed by atoms with Crippen molar-refractivity contribution in [2.45, 2.75) is 52.5 Å². The van der Waals surface area contributed by atoms with E-state index in [1.807, 2.05) is 0 Å². The zero-order valence-electron chi connectivity index (χ0n) is 9.93. The van der Waals surface area contributed by atoms with Gasteiger partial charge in [0.2, 0.25) is 0 Å². The van der Waals surface area contributed by atoms with Gasteiger partial charge in [0.25, 0.3) is 0 Å². The van der Waals surface area contributed by atoms with Gasteiger partial charge in [-0.2, -0.15) is 0 Å². The van der Waals surface area contributed by atoms with Gasteiger partial charge in [-0.05, 0) is 51.1 Å². The fourth-order valence-corrected chi connectivity index (χ4v) is 2.57. The third-order valence-corrected chi connectivity index (χ3v) is 3.14. The first kappa shape index (κ1) is 11.0. The van der Waals surface area contributed by atoms with Crippen LogP contribution in [0, 0.1) is 11.3 Å². The molecule has 1 aliphatic rings.